The van der Waals surface area contributed by atoms with Gasteiger partial charge in [0.1, 0.15) is 0 Å². The van der Waals surface area contributed by atoms with E-state index in [1.54, 1.807) is 60.7 Å². The highest BCUT2D eigenvalue weighted by Gasteiger charge is 2.95. The maximum absolute atomic E-state index is 14.3. The van der Waals surface area contributed by atoms with Crippen molar-refractivity contribution in [2.75, 3.05) is 5.75 Å². The molecule has 0 atom stereocenters. The molecule has 0 saturated heterocycles. The fourth-order valence-corrected chi connectivity index (χ4v) is 5.71. The van der Waals surface area contributed by atoms with Gasteiger partial charge in [0.25, 0.3) is 0 Å². The number of thioether (sulfide) groups is 1. The predicted octanol–water partition coefficient (Wildman–Crippen LogP) is 11.6. The Morgan fingerprint density at radius 1 is 0.538 bits per heavy atom. The van der Waals surface area contributed by atoms with Gasteiger partial charge in [-0.1, -0.05) is 60.7 Å². The van der Waals surface area contributed by atoms with E-state index < -0.39 is 71.9 Å². The number of carbonyl (C=O) groups is 1. The van der Waals surface area contributed by atoms with E-state index in [0.717, 1.165) is 35.4 Å². The second-order valence-electron chi connectivity index (χ2n) is 11.1. The standard InChI is InChI=1S/C32H19F17O2S/c33-25(34,26(35,36)27(37,38)28(39,40)29(41,42)30(43,44)31(45,46)32(47,48)49)15-16-52-20-13-11-19(12-14-20)24(50)51-23-21-7-3-1-5-17(21)9-10-18-6-2-4-8-22(18)23/h1-14,23H,15-16H2. The molecule has 0 amide bonds. The van der Waals surface area contributed by atoms with Gasteiger partial charge in [-0.15, -0.1) is 11.8 Å². The molecule has 0 fully saturated rings. The second kappa shape index (κ2) is 13.5. The Morgan fingerprint density at radius 2 is 0.942 bits per heavy atom. The van der Waals surface area contributed by atoms with Crippen LogP contribution in [0, 0.1) is 0 Å². The Kier molecular flexibility index (Phi) is 10.6. The average Bonchev–Trinajstić information content (AvgIpc) is 3.21. The Bertz CT molecular complexity index is 1750. The molecule has 3 aromatic carbocycles. The number of fused-ring (bicyclic) bond motifs is 2. The van der Waals surface area contributed by atoms with Gasteiger partial charge in [-0.2, -0.15) is 74.6 Å². The van der Waals surface area contributed by atoms with Crippen LogP contribution in [0.3, 0.4) is 0 Å². The third kappa shape index (κ3) is 6.59. The molecule has 0 spiro atoms. The minimum atomic E-state index is -8.67. The summed E-state index contributed by atoms with van der Waals surface area (Å²) >= 11 is 0.139. The van der Waals surface area contributed by atoms with Crippen molar-refractivity contribution in [3.05, 3.63) is 101 Å². The van der Waals surface area contributed by atoms with Crippen LogP contribution in [-0.4, -0.2) is 59.4 Å². The van der Waals surface area contributed by atoms with Crippen LogP contribution in [0.15, 0.2) is 77.7 Å². The van der Waals surface area contributed by atoms with E-state index in [1.807, 2.05) is 0 Å². The molecule has 52 heavy (non-hydrogen) atoms. The SMILES string of the molecule is O=C(OC1c2ccccc2C=Cc2ccccc21)c1ccc(SCCC(F)(F)C(F)(F)C(F)(F)C(F)(F)C(F)(F)C(F)(F)C(F)(F)C(F)(F)F)cc1. The second-order valence-corrected chi connectivity index (χ2v) is 12.3. The summed E-state index contributed by atoms with van der Waals surface area (Å²) in [6.45, 7) is 0. The molecule has 4 rings (SSSR count). The zero-order valence-corrected chi connectivity index (χ0v) is 26.0. The third-order valence-electron chi connectivity index (χ3n) is 7.79. The average molecular weight is 791 g/mol. The van der Waals surface area contributed by atoms with Crippen molar-refractivity contribution in [1.29, 1.82) is 0 Å². The molecular weight excluding hydrogens is 771 g/mol. The Balaban J connectivity index is 1.47. The summed E-state index contributed by atoms with van der Waals surface area (Å²) in [6, 6.07) is 18.0. The molecular formula is C32H19F17O2S. The summed E-state index contributed by atoms with van der Waals surface area (Å²) in [5, 5.41) is 0. The summed E-state index contributed by atoms with van der Waals surface area (Å²) in [7, 11) is 0. The van der Waals surface area contributed by atoms with Gasteiger partial charge in [0.2, 0.25) is 0 Å². The molecule has 20 heteroatoms. The summed E-state index contributed by atoms with van der Waals surface area (Å²) < 4.78 is 235. The highest BCUT2D eigenvalue weighted by molar-refractivity contribution is 7.99. The lowest BCUT2D eigenvalue weighted by Gasteiger charge is -2.42. The van der Waals surface area contributed by atoms with Crippen molar-refractivity contribution in [1.82, 2.24) is 0 Å². The number of halogens is 17. The van der Waals surface area contributed by atoms with Crippen LogP contribution < -0.4 is 0 Å². The van der Waals surface area contributed by atoms with Crippen LogP contribution in [0.2, 0.25) is 0 Å². The van der Waals surface area contributed by atoms with Gasteiger partial charge in [-0.05, 0) is 35.4 Å². The van der Waals surface area contributed by atoms with Crippen LogP contribution in [0.1, 0.15) is 45.1 Å². The molecule has 0 N–H and O–H groups in total. The fraction of sp³-hybridized carbons (Fsp3) is 0.344. The number of esters is 1. The van der Waals surface area contributed by atoms with Crippen molar-refractivity contribution in [3.8, 4) is 0 Å². The minimum Gasteiger partial charge on any atom is -0.449 e. The first-order chi connectivity index (χ1) is 23.7. The van der Waals surface area contributed by atoms with Gasteiger partial charge in [-0.25, -0.2) is 4.79 Å². The monoisotopic (exact) mass is 790 g/mol. The van der Waals surface area contributed by atoms with Crippen molar-refractivity contribution >= 4 is 29.9 Å². The zero-order chi connectivity index (χ0) is 39.3. The van der Waals surface area contributed by atoms with E-state index >= 15 is 0 Å². The number of hydrogen-bond donors (Lipinski definition) is 0. The Labute approximate surface area is 285 Å². The number of carbonyl (C=O) groups excluding carboxylic acids is 1. The Hall–Kier alpha value is -3.97. The number of alkyl halides is 17. The largest absolute Gasteiger partial charge is 0.460 e. The van der Waals surface area contributed by atoms with Gasteiger partial charge < -0.3 is 4.74 Å². The lowest BCUT2D eigenvalue weighted by Crippen LogP contribution is -2.74. The maximum atomic E-state index is 14.3. The van der Waals surface area contributed by atoms with E-state index in [4.69, 9.17) is 4.74 Å². The van der Waals surface area contributed by atoms with Gasteiger partial charge in [0.05, 0.1) is 5.56 Å². The smallest absolute Gasteiger partial charge is 0.449 e. The first-order valence-electron chi connectivity index (χ1n) is 14.2. The van der Waals surface area contributed by atoms with Gasteiger partial charge >= 0.3 is 53.6 Å². The van der Waals surface area contributed by atoms with E-state index in [1.165, 1.54) is 0 Å². The topological polar surface area (TPSA) is 26.3 Å². The number of hydrogen-bond acceptors (Lipinski definition) is 3. The molecule has 0 aliphatic heterocycles. The third-order valence-corrected chi connectivity index (χ3v) is 8.80. The van der Waals surface area contributed by atoms with E-state index in [-0.39, 0.29) is 22.2 Å². The normalized spacial score (nSPS) is 15.2. The summed E-state index contributed by atoms with van der Waals surface area (Å²) in [6.07, 6.45) is -7.69. The summed E-state index contributed by atoms with van der Waals surface area (Å²) in [5.41, 5.74) is 2.54. The summed E-state index contributed by atoms with van der Waals surface area (Å²) in [4.78, 5) is 12.9. The van der Waals surface area contributed by atoms with Crippen molar-refractivity contribution < 1.29 is 84.2 Å². The molecule has 0 radical (unpaired) electrons. The van der Waals surface area contributed by atoms with E-state index in [9.17, 15) is 79.4 Å². The van der Waals surface area contributed by atoms with Crippen LogP contribution in [0.25, 0.3) is 12.2 Å². The van der Waals surface area contributed by atoms with E-state index in [2.05, 4.69) is 0 Å². The zero-order valence-electron chi connectivity index (χ0n) is 25.2. The molecule has 0 bridgehead atoms. The highest BCUT2D eigenvalue weighted by Crippen LogP contribution is 2.64. The molecule has 3 aromatic rings. The highest BCUT2D eigenvalue weighted by atomic mass is 32.2. The van der Waals surface area contributed by atoms with Crippen molar-refractivity contribution in [3.63, 3.8) is 0 Å². The first-order valence-corrected chi connectivity index (χ1v) is 15.2. The van der Waals surface area contributed by atoms with E-state index in [0.29, 0.717) is 11.1 Å². The van der Waals surface area contributed by atoms with Gasteiger partial charge in [0.15, 0.2) is 6.10 Å². The number of benzene rings is 3. The Morgan fingerprint density at radius 3 is 1.38 bits per heavy atom. The molecule has 1 aliphatic carbocycles. The van der Waals surface area contributed by atoms with Crippen LogP contribution >= 0.6 is 11.8 Å². The lowest BCUT2D eigenvalue weighted by molar-refractivity contribution is -0.461. The number of ether oxygens (including phenoxy) is 1. The summed E-state index contributed by atoms with van der Waals surface area (Å²) in [5.74, 6) is -58.9. The predicted molar refractivity (Wildman–Crippen MR) is 152 cm³/mol. The van der Waals surface area contributed by atoms with Crippen LogP contribution in [0.4, 0.5) is 74.6 Å². The van der Waals surface area contributed by atoms with Crippen molar-refractivity contribution in [2.24, 2.45) is 0 Å². The quantitative estimate of drug-likeness (QED) is 0.104. The van der Waals surface area contributed by atoms with Crippen molar-refractivity contribution in [2.45, 2.75) is 65.1 Å². The molecule has 1 aliphatic rings. The molecule has 0 aromatic heterocycles. The lowest BCUT2D eigenvalue weighted by atomic mass is 9.88. The van der Waals surface area contributed by atoms with Gasteiger partial charge in [0, 0.05) is 28.2 Å². The number of rotatable bonds is 12. The molecule has 284 valence electrons. The molecule has 0 unspecified atom stereocenters. The fourth-order valence-electron chi connectivity index (χ4n) is 4.79. The van der Waals surface area contributed by atoms with Crippen LogP contribution in [-0.2, 0) is 4.74 Å². The molecule has 0 heterocycles. The molecule has 2 nitrogen and oxygen atoms in total. The minimum absolute atomic E-state index is 0.135. The molecule has 0 saturated carbocycles. The van der Waals surface area contributed by atoms with Gasteiger partial charge in [-0.3, -0.25) is 0 Å². The maximum Gasteiger partial charge on any atom is 0.460 e. The first kappa shape index (κ1) is 40.8. The van der Waals surface area contributed by atoms with Crippen LogP contribution in [0.5, 0.6) is 0 Å².